The molecule has 0 radical (unpaired) electrons. The number of aliphatic hydroxyl groups excluding tert-OH is 1. The van der Waals surface area contributed by atoms with Crippen LogP contribution in [0.5, 0.6) is 0 Å². The van der Waals surface area contributed by atoms with Crippen molar-refractivity contribution in [1.82, 2.24) is 0 Å². The predicted molar refractivity (Wildman–Crippen MR) is 61.8 cm³/mol. The maximum Gasteiger partial charge on any atom is 0.123 e. The highest BCUT2D eigenvalue weighted by Crippen LogP contribution is 2.22. The van der Waals surface area contributed by atoms with Crippen LogP contribution in [0.25, 0.3) is 0 Å². The quantitative estimate of drug-likeness (QED) is 0.836. The van der Waals surface area contributed by atoms with Crippen LogP contribution in [0.1, 0.15) is 25.8 Å². The molecule has 0 bridgehead atoms. The first-order valence-electron chi connectivity index (χ1n) is 5.49. The van der Waals surface area contributed by atoms with E-state index in [1.807, 2.05) is 13.8 Å². The molecule has 2 unspecified atom stereocenters. The monoisotopic (exact) mass is 226 g/mol. The van der Waals surface area contributed by atoms with E-state index in [0.717, 1.165) is 5.56 Å². The SMILES string of the molecule is CCC(C)(OC)C(O)Cc1cccc(F)c1. The van der Waals surface area contributed by atoms with Gasteiger partial charge < -0.3 is 9.84 Å². The van der Waals surface area contributed by atoms with E-state index >= 15 is 0 Å². The first-order chi connectivity index (χ1) is 7.51. The lowest BCUT2D eigenvalue weighted by atomic mass is 9.91. The van der Waals surface area contributed by atoms with Gasteiger partial charge in [-0.15, -0.1) is 0 Å². The average molecular weight is 226 g/mol. The summed E-state index contributed by atoms with van der Waals surface area (Å²) in [5.74, 6) is -0.277. The van der Waals surface area contributed by atoms with Crippen LogP contribution in [0.3, 0.4) is 0 Å². The highest BCUT2D eigenvalue weighted by molar-refractivity contribution is 5.17. The summed E-state index contributed by atoms with van der Waals surface area (Å²) >= 11 is 0. The second-order valence-electron chi connectivity index (χ2n) is 4.22. The number of hydrogen-bond donors (Lipinski definition) is 1. The molecule has 0 aliphatic carbocycles. The number of hydrogen-bond acceptors (Lipinski definition) is 2. The highest BCUT2D eigenvalue weighted by atomic mass is 19.1. The summed E-state index contributed by atoms with van der Waals surface area (Å²) in [6.07, 6.45) is 0.472. The van der Waals surface area contributed by atoms with Crippen molar-refractivity contribution < 1.29 is 14.2 Å². The molecule has 0 aromatic heterocycles. The largest absolute Gasteiger partial charge is 0.390 e. The minimum Gasteiger partial charge on any atom is -0.390 e. The third-order valence-corrected chi connectivity index (χ3v) is 3.19. The molecule has 0 aliphatic rings. The molecule has 16 heavy (non-hydrogen) atoms. The predicted octanol–water partition coefficient (Wildman–Crippen LogP) is 2.54. The molecule has 1 N–H and O–H groups in total. The third-order valence-electron chi connectivity index (χ3n) is 3.19. The van der Waals surface area contributed by atoms with E-state index < -0.39 is 11.7 Å². The Morgan fingerprint density at radius 3 is 2.69 bits per heavy atom. The van der Waals surface area contributed by atoms with Crippen molar-refractivity contribution in [3.63, 3.8) is 0 Å². The molecule has 0 amide bonds. The van der Waals surface area contributed by atoms with Gasteiger partial charge in [-0.2, -0.15) is 0 Å². The Balaban J connectivity index is 2.74. The van der Waals surface area contributed by atoms with Crippen LogP contribution in [0, 0.1) is 5.82 Å². The van der Waals surface area contributed by atoms with E-state index in [2.05, 4.69) is 0 Å². The van der Waals surface area contributed by atoms with Gasteiger partial charge in [-0.05, 0) is 31.0 Å². The van der Waals surface area contributed by atoms with E-state index in [9.17, 15) is 9.50 Å². The fraction of sp³-hybridized carbons (Fsp3) is 0.538. The van der Waals surface area contributed by atoms with Crippen molar-refractivity contribution in [2.75, 3.05) is 7.11 Å². The molecule has 0 heterocycles. The standard InChI is InChI=1S/C13H19FO2/c1-4-13(2,16-3)12(15)9-10-6-5-7-11(14)8-10/h5-8,12,15H,4,9H2,1-3H3. The number of methoxy groups -OCH3 is 1. The van der Waals surface area contributed by atoms with Gasteiger partial charge in [0.25, 0.3) is 0 Å². The Kier molecular flexibility index (Phi) is 4.44. The zero-order valence-corrected chi connectivity index (χ0v) is 10.0. The Labute approximate surface area is 96.1 Å². The number of ether oxygens (including phenoxy) is 1. The van der Waals surface area contributed by atoms with E-state index in [0.29, 0.717) is 12.8 Å². The van der Waals surface area contributed by atoms with Gasteiger partial charge in [0, 0.05) is 13.5 Å². The van der Waals surface area contributed by atoms with Gasteiger partial charge in [-0.25, -0.2) is 4.39 Å². The van der Waals surface area contributed by atoms with Crippen LogP contribution >= 0.6 is 0 Å². The molecule has 1 rings (SSSR count). The summed E-state index contributed by atoms with van der Waals surface area (Å²) in [6, 6.07) is 6.28. The maximum absolute atomic E-state index is 13.0. The zero-order valence-electron chi connectivity index (χ0n) is 10.0. The maximum atomic E-state index is 13.0. The molecular weight excluding hydrogens is 207 g/mol. The average Bonchev–Trinajstić information content (AvgIpc) is 2.28. The fourth-order valence-electron chi connectivity index (χ4n) is 1.62. The van der Waals surface area contributed by atoms with Gasteiger partial charge in [-0.3, -0.25) is 0 Å². The molecule has 0 spiro atoms. The van der Waals surface area contributed by atoms with Crippen LogP contribution in [-0.2, 0) is 11.2 Å². The van der Waals surface area contributed by atoms with Crippen LogP contribution in [-0.4, -0.2) is 23.9 Å². The molecule has 1 aromatic carbocycles. The molecule has 0 saturated carbocycles. The first kappa shape index (κ1) is 13.1. The van der Waals surface area contributed by atoms with E-state index in [4.69, 9.17) is 4.74 Å². The molecule has 90 valence electrons. The van der Waals surface area contributed by atoms with Crippen molar-refractivity contribution in [2.45, 2.75) is 38.4 Å². The van der Waals surface area contributed by atoms with Crippen LogP contribution in [0.2, 0.25) is 0 Å². The van der Waals surface area contributed by atoms with Crippen LogP contribution in [0.4, 0.5) is 4.39 Å². The Hall–Kier alpha value is -0.930. The molecule has 2 atom stereocenters. The summed E-state index contributed by atoms with van der Waals surface area (Å²) in [6.45, 7) is 3.81. The van der Waals surface area contributed by atoms with Crippen LogP contribution < -0.4 is 0 Å². The second kappa shape index (κ2) is 5.41. The molecular formula is C13H19FO2. The van der Waals surface area contributed by atoms with E-state index in [1.165, 1.54) is 12.1 Å². The minimum absolute atomic E-state index is 0.277. The molecule has 1 aromatic rings. The smallest absolute Gasteiger partial charge is 0.123 e. The third kappa shape index (κ3) is 3.03. The number of rotatable bonds is 5. The molecule has 0 fully saturated rings. The summed E-state index contributed by atoms with van der Waals surface area (Å²) in [7, 11) is 1.58. The topological polar surface area (TPSA) is 29.5 Å². The van der Waals surface area contributed by atoms with Crippen molar-refractivity contribution in [2.24, 2.45) is 0 Å². The fourth-order valence-corrected chi connectivity index (χ4v) is 1.62. The van der Waals surface area contributed by atoms with Gasteiger partial charge in [0.15, 0.2) is 0 Å². The Morgan fingerprint density at radius 2 is 2.19 bits per heavy atom. The lowest BCUT2D eigenvalue weighted by molar-refractivity contribution is -0.0914. The summed E-state index contributed by atoms with van der Waals surface area (Å²) < 4.78 is 18.3. The number of halogens is 1. The lowest BCUT2D eigenvalue weighted by Gasteiger charge is -2.32. The first-order valence-corrected chi connectivity index (χ1v) is 5.49. The minimum atomic E-state index is -0.635. The Morgan fingerprint density at radius 1 is 1.50 bits per heavy atom. The van der Waals surface area contributed by atoms with Gasteiger partial charge in [0.2, 0.25) is 0 Å². The molecule has 0 aliphatic heterocycles. The zero-order chi connectivity index (χ0) is 12.2. The molecule has 0 saturated heterocycles. The van der Waals surface area contributed by atoms with Crippen molar-refractivity contribution in [1.29, 1.82) is 0 Å². The molecule has 2 nitrogen and oxygen atoms in total. The van der Waals surface area contributed by atoms with E-state index in [-0.39, 0.29) is 5.82 Å². The van der Waals surface area contributed by atoms with Gasteiger partial charge >= 0.3 is 0 Å². The van der Waals surface area contributed by atoms with Gasteiger partial charge in [0.05, 0.1) is 11.7 Å². The summed E-state index contributed by atoms with van der Waals surface area (Å²) in [5.41, 5.74) is 0.205. The highest BCUT2D eigenvalue weighted by Gasteiger charge is 2.30. The van der Waals surface area contributed by atoms with Gasteiger partial charge in [0.1, 0.15) is 5.82 Å². The van der Waals surface area contributed by atoms with Crippen LogP contribution in [0.15, 0.2) is 24.3 Å². The van der Waals surface area contributed by atoms with Gasteiger partial charge in [-0.1, -0.05) is 19.1 Å². The second-order valence-corrected chi connectivity index (χ2v) is 4.22. The lowest BCUT2D eigenvalue weighted by Crippen LogP contribution is -2.42. The van der Waals surface area contributed by atoms with Crippen molar-refractivity contribution >= 4 is 0 Å². The number of aliphatic hydroxyl groups is 1. The Bertz CT molecular complexity index is 334. The normalized spacial score (nSPS) is 16.8. The summed E-state index contributed by atoms with van der Waals surface area (Å²) in [5, 5.41) is 10.1. The van der Waals surface area contributed by atoms with Crippen molar-refractivity contribution in [3.8, 4) is 0 Å². The van der Waals surface area contributed by atoms with Crippen molar-refractivity contribution in [3.05, 3.63) is 35.6 Å². The number of benzene rings is 1. The molecule has 3 heteroatoms. The summed E-state index contributed by atoms with van der Waals surface area (Å²) in [4.78, 5) is 0. The van der Waals surface area contributed by atoms with E-state index in [1.54, 1.807) is 19.2 Å².